The topological polar surface area (TPSA) is 66.0 Å². The molecule has 0 aliphatic rings. The number of aromatic amines is 1. The molecule has 2 N–H and O–H groups in total. The summed E-state index contributed by atoms with van der Waals surface area (Å²) in [6, 6.07) is 0. The molecule has 0 amide bonds. The minimum absolute atomic E-state index is 0. The van der Waals surface area contributed by atoms with Crippen molar-refractivity contribution in [3.63, 3.8) is 0 Å². The van der Waals surface area contributed by atoms with Gasteiger partial charge in [0.15, 0.2) is 5.69 Å². The Morgan fingerprint density at radius 2 is 2.40 bits per heavy atom. The number of hydrogen-bond acceptors (Lipinski definition) is 2. The molecule has 1 aromatic rings. The predicted octanol–water partition coefficient (Wildman–Crippen LogP) is -0.232. The first-order valence-corrected chi connectivity index (χ1v) is 2.45. The zero-order valence-electron chi connectivity index (χ0n) is 4.88. The first kappa shape index (κ1) is 9.68. The number of aromatic carboxylic acids is 1. The third-order valence-corrected chi connectivity index (χ3v) is 1.03. The first-order chi connectivity index (χ1) is 4.22. The zero-order chi connectivity index (χ0) is 6.85. The summed E-state index contributed by atoms with van der Waals surface area (Å²) in [4.78, 5) is 16.4. The van der Waals surface area contributed by atoms with E-state index < -0.39 is 5.97 Å². The molecule has 0 saturated carbocycles. The quantitative estimate of drug-likeness (QED) is 0.543. The van der Waals surface area contributed by atoms with Crippen LogP contribution in [0.5, 0.6) is 0 Å². The third kappa shape index (κ3) is 1.83. The van der Waals surface area contributed by atoms with E-state index >= 15 is 0 Å². The van der Waals surface area contributed by atoms with Crippen LogP contribution >= 0.6 is 0 Å². The number of aryl methyl sites for hydroxylation is 1. The summed E-state index contributed by atoms with van der Waals surface area (Å²) in [5, 5.41) is 8.37. The molecule has 0 aromatic carbocycles. The molecule has 0 fully saturated rings. The molecule has 50 valence electrons. The van der Waals surface area contributed by atoms with Gasteiger partial charge in [0.05, 0.1) is 6.33 Å². The van der Waals surface area contributed by atoms with E-state index in [0.717, 1.165) is 0 Å². The van der Waals surface area contributed by atoms with Gasteiger partial charge in [-0.2, -0.15) is 0 Å². The number of aromatic nitrogens is 2. The summed E-state index contributed by atoms with van der Waals surface area (Å²) < 4.78 is 0. The van der Waals surface area contributed by atoms with Crippen molar-refractivity contribution in [2.75, 3.05) is 0 Å². The summed E-state index contributed by atoms with van der Waals surface area (Å²) >= 11 is 0. The van der Waals surface area contributed by atoms with E-state index in [1.807, 2.05) is 0 Å². The Morgan fingerprint density at radius 1 is 1.80 bits per heavy atom. The number of carbonyl (C=O) groups is 1. The van der Waals surface area contributed by atoms with Crippen LogP contribution in [0.15, 0.2) is 6.33 Å². The SMILES string of the molecule is Cc1[nH]cnc1C(=O)O.[NaH]. The van der Waals surface area contributed by atoms with Gasteiger partial charge in [0.2, 0.25) is 0 Å². The molecule has 10 heavy (non-hydrogen) atoms. The Kier molecular flexibility index (Phi) is 3.63. The summed E-state index contributed by atoms with van der Waals surface area (Å²) in [5.41, 5.74) is 0.678. The van der Waals surface area contributed by atoms with Gasteiger partial charge in [-0.1, -0.05) is 0 Å². The molecule has 1 rings (SSSR count). The molecule has 0 saturated heterocycles. The summed E-state index contributed by atoms with van der Waals surface area (Å²) in [7, 11) is 0. The van der Waals surface area contributed by atoms with Gasteiger partial charge < -0.3 is 10.1 Å². The average Bonchev–Trinajstić information content (AvgIpc) is 2.13. The summed E-state index contributed by atoms with van der Waals surface area (Å²) in [6.45, 7) is 1.66. The fourth-order valence-electron chi connectivity index (χ4n) is 0.574. The van der Waals surface area contributed by atoms with Gasteiger partial charge >= 0.3 is 35.5 Å². The molecule has 1 aromatic heterocycles. The molecule has 0 aliphatic carbocycles. The van der Waals surface area contributed by atoms with Crippen LogP contribution in [0.1, 0.15) is 16.2 Å². The zero-order valence-corrected chi connectivity index (χ0v) is 4.88. The molecule has 4 nitrogen and oxygen atoms in total. The second-order valence-electron chi connectivity index (χ2n) is 1.68. The van der Waals surface area contributed by atoms with E-state index in [1.54, 1.807) is 6.92 Å². The van der Waals surface area contributed by atoms with E-state index in [4.69, 9.17) is 5.11 Å². The van der Waals surface area contributed by atoms with Crippen molar-refractivity contribution >= 4 is 35.5 Å². The number of nitrogens with zero attached hydrogens (tertiary/aromatic N) is 1. The van der Waals surface area contributed by atoms with Crippen molar-refractivity contribution in [1.82, 2.24) is 9.97 Å². The maximum absolute atomic E-state index is 10.2. The monoisotopic (exact) mass is 150 g/mol. The molecule has 0 atom stereocenters. The summed E-state index contributed by atoms with van der Waals surface area (Å²) in [5.74, 6) is -0.992. The second-order valence-corrected chi connectivity index (χ2v) is 1.68. The minimum atomic E-state index is -0.992. The normalized spacial score (nSPS) is 8.50. The predicted molar refractivity (Wildman–Crippen MR) is 37.4 cm³/mol. The number of nitrogens with one attached hydrogen (secondary N) is 1. The number of rotatable bonds is 1. The van der Waals surface area contributed by atoms with Crippen LogP contribution in [0.2, 0.25) is 0 Å². The van der Waals surface area contributed by atoms with E-state index in [9.17, 15) is 4.79 Å². The van der Waals surface area contributed by atoms with Crippen molar-refractivity contribution in [3.05, 3.63) is 17.7 Å². The van der Waals surface area contributed by atoms with Crippen molar-refractivity contribution in [2.45, 2.75) is 6.92 Å². The Labute approximate surface area is 80.0 Å². The van der Waals surface area contributed by atoms with E-state index in [0.29, 0.717) is 5.69 Å². The van der Waals surface area contributed by atoms with Crippen molar-refractivity contribution in [3.8, 4) is 0 Å². The molecule has 0 aliphatic heterocycles. The number of imidazole rings is 1. The van der Waals surface area contributed by atoms with Crippen LogP contribution in [-0.4, -0.2) is 50.6 Å². The van der Waals surface area contributed by atoms with E-state index in [-0.39, 0.29) is 35.3 Å². The molecular formula is C5H7N2NaO2. The molecule has 0 bridgehead atoms. The van der Waals surface area contributed by atoms with Crippen LogP contribution in [0.3, 0.4) is 0 Å². The van der Waals surface area contributed by atoms with Gasteiger partial charge in [0.1, 0.15) is 0 Å². The Hall–Kier alpha value is -0.320. The van der Waals surface area contributed by atoms with Gasteiger partial charge in [-0.25, -0.2) is 9.78 Å². The van der Waals surface area contributed by atoms with Gasteiger partial charge in [-0.3, -0.25) is 0 Å². The first-order valence-electron chi connectivity index (χ1n) is 2.45. The number of carboxylic acids is 1. The molecular weight excluding hydrogens is 143 g/mol. The van der Waals surface area contributed by atoms with Gasteiger partial charge in [0.25, 0.3) is 0 Å². The van der Waals surface area contributed by atoms with Gasteiger partial charge in [0, 0.05) is 5.69 Å². The molecule has 0 spiro atoms. The maximum atomic E-state index is 10.2. The number of carboxylic acid groups (broad SMARTS) is 1. The van der Waals surface area contributed by atoms with Crippen LogP contribution < -0.4 is 0 Å². The standard InChI is InChI=1S/C5H6N2O2.Na.H/c1-3-4(5(8)9)7-2-6-3;;/h2H,1H3,(H,6,7)(H,8,9);;. The van der Waals surface area contributed by atoms with E-state index in [1.165, 1.54) is 6.33 Å². The molecule has 5 heteroatoms. The second kappa shape index (κ2) is 3.75. The van der Waals surface area contributed by atoms with Gasteiger partial charge in [-0.05, 0) is 6.92 Å². The van der Waals surface area contributed by atoms with Crippen molar-refractivity contribution in [1.29, 1.82) is 0 Å². The van der Waals surface area contributed by atoms with Crippen molar-refractivity contribution in [2.24, 2.45) is 0 Å². The van der Waals surface area contributed by atoms with Crippen LogP contribution in [-0.2, 0) is 0 Å². The number of hydrogen-bond donors (Lipinski definition) is 2. The van der Waals surface area contributed by atoms with E-state index in [2.05, 4.69) is 9.97 Å². The van der Waals surface area contributed by atoms with Gasteiger partial charge in [-0.15, -0.1) is 0 Å². The molecule has 0 radical (unpaired) electrons. The number of H-pyrrole nitrogens is 1. The fraction of sp³-hybridized carbons (Fsp3) is 0.200. The fourth-order valence-corrected chi connectivity index (χ4v) is 0.574. The van der Waals surface area contributed by atoms with Crippen LogP contribution in [0.25, 0.3) is 0 Å². The molecule has 0 unspecified atom stereocenters. The summed E-state index contributed by atoms with van der Waals surface area (Å²) in [6.07, 6.45) is 1.36. The molecule has 1 heterocycles. The Morgan fingerprint density at radius 3 is 2.60 bits per heavy atom. The van der Waals surface area contributed by atoms with Crippen LogP contribution in [0.4, 0.5) is 0 Å². The Balaban J connectivity index is 0.000000810. The van der Waals surface area contributed by atoms with Crippen molar-refractivity contribution < 1.29 is 9.90 Å². The Bertz CT molecular complexity index is 233. The average molecular weight is 150 g/mol. The third-order valence-electron chi connectivity index (χ3n) is 1.03. The van der Waals surface area contributed by atoms with Crippen LogP contribution in [0, 0.1) is 6.92 Å².